The lowest BCUT2D eigenvalue weighted by Gasteiger charge is -2.35. The van der Waals surface area contributed by atoms with Crippen molar-refractivity contribution in [2.24, 2.45) is 0 Å². The van der Waals surface area contributed by atoms with Gasteiger partial charge >= 0.3 is 6.03 Å². The van der Waals surface area contributed by atoms with Gasteiger partial charge in [-0.1, -0.05) is 72.7 Å². The zero-order valence-corrected chi connectivity index (χ0v) is 15.9. The molecule has 0 aliphatic carbocycles. The Hall–Kier alpha value is -3.41. The van der Waals surface area contributed by atoms with Gasteiger partial charge in [-0.05, 0) is 18.9 Å². The third-order valence-electron chi connectivity index (χ3n) is 4.86. The third-order valence-corrected chi connectivity index (χ3v) is 4.86. The largest absolute Gasteiger partial charge is 0.334 e. The molecule has 4 rings (SSSR count). The highest BCUT2D eigenvalue weighted by Crippen LogP contribution is 2.37. The zero-order chi connectivity index (χ0) is 19.5. The molecule has 3 aromatic rings. The molecule has 2 aromatic carbocycles. The Labute approximate surface area is 163 Å². The fourth-order valence-corrected chi connectivity index (χ4v) is 3.48. The Bertz CT molecular complexity index is 996. The van der Waals surface area contributed by atoms with E-state index in [1.807, 2.05) is 74.5 Å². The molecule has 28 heavy (non-hydrogen) atoms. The van der Waals surface area contributed by atoms with Gasteiger partial charge in [-0.2, -0.15) is 4.98 Å². The van der Waals surface area contributed by atoms with Gasteiger partial charge in [0.25, 0.3) is 5.89 Å². The van der Waals surface area contributed by atoms with Crippen LogP contribution in [-0.4, -0.2) is 27.6 Å². The van der Waals surface area contributed by atoms with Gasteiger partial charge < -0.3 is 9.84 Å². The second kappa shape index (κ2) is 7.68. The van der Waals surface area contributed by atoms with E-state index < -0.39 is 0 Å². The second-order valence-electron chi connectivity index (χ2n) is 6.73. The summed E-state index contributed by atoms with van der Waals surface area (Å²) >= 11 is 0. The van der Waals surface area contributed by atoms with Crippen LogP contribution in [0.4, 0.5) is 4.79 Å². The summed E-state index contributed by atoms with van der Waals surface area (Å²) in [6, 6.07) is 19.1. The monoisotopic (exact) mass is 374 g/mol. The average molecular weight is 374 g/mol. The number of hydrogen-bond acceptors (Lipinski definition) is 4. The van der Waals surface area contributed by atoms with E-state index >= 15 is 0 Å². The maximum absolute atomic E-state index is 12.7. The van der Waals surface area contributed by atoms with E-state index in [-0.39, 0.29) is 12.1 Å². The molecule has 1 unspecified atom stereocenters. The molecular formula is C22H22N4O2. The van der Waals surface area contributed by atoms with Crippen molar-refractivity contribution in [2.45, 2.75) is 26.3 Å². The molecule has 6 heteroatoms. The molecule has 142 valence electrons. The van der Waals surface area contributed by atoms with Crippen LogP contribution in [0.2, 0.25) is 0 Å². The molecule has 1 aromatic heterocycles. The first-order valence-corrected chi connectivity index (χ1v) is 9.42. The summed E-state index contributed by atoms with van der Waals surface area (Å²) < 4.78 is 5.65. The minimum Gasteiger partial charge on any atom is -0.334 e. The Morgan fingerprint density at radius 1 is 1.07 bits per heavy atom. The van der Waals surface area contributed by atoms with Crippen LogP contribution in [-0.2, 0) is 0 Å². The summed E-state index contributed by atoms with van der Waals surface area (Å²) in [5.74, 6) is 0.952. The molecule has 0 spiro atoms. The number of rotatable bonds is 5. The molecule has 0 fully saturated rings. The summed E-state index contributed by atoms with van der Waals surface area (Å²) in [5, 5.41) is 7.26. The molecule has 0 saturated carbocycles. The smallest absolute Gasteiger partial charge is 0.322 e. The Morgan fingerprint density at radius 2 is 1.75 bits per heavy atom. The van der Waals surface area contributed by atoms with Crippen molar-refractivity contribution in [1.82, 2.24) is 20.4 Å². The molecule has 2 amide bonds. The summed E-state index contributed by atoms with van der Waals surface area (Å²) in [4.78, 5) is 19.1. The second-order valence-corrected chi connectivity index (χ2v) is 6.73. The lowest BCUT2D eigenvalue weighted by molar-refractivity contribution is 0.205. The highest BCUT2D eigenvalue weighted by atomic mass is 16.5. The number of hydrogen-bond donors (Lipinski definition) is 1. The Balaban J connectivity index is 1.81. The van der Waals surface area contributed by atoms with Gasteiger partial charge in [0.2, 0.25) is 5.82 Å². The zero-order valence-electron chi connectivity index (χ0n) is 15.9. The normalized spacial score (nSPS) is 17.0. The first-order chi connectivity index (χ1) is 13.7. The Morgan fingerprint density at radius 3 is 2.43 bits per heavy atom. The minimum absolute atomic E-state index is 0.111. The number of nitrogens with one attached hydrogen (secondary N) is 1. The topological polar surface area (TPSA) is 71.3 Å². The van der Waals surface area contributed by atoms with Crippen molar-refractivity contribution in [1.29, 1.82) is 0 Å². The molecule has 1 aliphatic rings. The van der Waals surface area contributed by atoms with Crippen molar-refractivity contribution in [3.63, 3.8) is 0 Å². The number of carbonyl (C=O) groups is 1. The lowest BCUT2D eigenvalue weighted by atomic mass is 9.94. The first-order valence-electron chi connectivity index (χ1n) is 9.42. The van der Waals surface area contributed by atoms with Gasteiger partial charge in [0, 0.05) is 17.8 Å². The van der Waals surface area contributed by atoms with Crippen LogP contribution in [0.5, 0.6) is 0 Å². The summed E-state index contributed by atoms with van der Waals surface area (Å²) in [6.07, 6.45) is 0.854. The molecule has 0 radical (unpaired) electrons. The fourth-order valence-electron chi connectivity index (χ4n) is 3.48. The van der Waals surface area contributed by atoms with Gasteiger partial charge in [0.15, 0.2) is 0 Å². The van der Waals surface area contributed by atoms with E-state index in [0.717, 1.165) is 28.8 Å². The number of nitrogens with zero attached hydrogens (tertiary/aromatic N) is 3. The van der Waals surface area contributed by atoms with E-state index in [4.69, 9.17) is 4.52 Å². The van der Waals surface area contributed by atoms with Gasteiger partial charge in [-0.25, -0.2) is 4.79 Å². The summed E-state index contributed by atoms with van der Waals surface area (Å²) in [5.41, 5.74) is 3.52. The number of aromatic nitrogens is 2. The SMILES string of the molecule is CCCN1C(=O)NC(c2ccccc2)C(c2nc(-c3ccccc3)no2)=C1C. The first kappa shape index (κ1) is 18.0. The molecule has 1 aliphatic heterocycles. The fraction of sp³-hybridized carbons (Fsp3) is 0.227. The van der Waals surface area contributed by atoms with Crippen molar-refractivity contribution in [3.05, 3.63) is 77.8 Å². The molecule has 0 saturated heterocycles. The van der Waals surface area contributed by atoms with Crippen LogP contribution < -0.4 is 5.32 Å². The molecule has 0 bridgehead atoms. The van der Waals surface area contributed by atoms with E-state index in [1.165, 1.54) is 0 Å². The molecular weight excluding hydrogens is 352 g/mol. The van der Waals surface area contributed by atoms with Crippen molar-refractivity contribution < 1.29 is 9.32 Å². The highest BCUT2D eigenvalue weighted by Gasteiger charge is 2.35. The van der Waals surface area contributed by atoms with Crippen LogP contribution in [0.25, 0.3) is 17.0 Å². The standard InChI is InChI=1S/C22H22N4O2/c1-3-14-26-15(2)18(19(23-22(26)27)16-10-6-4-7-11-16)21-24-20(25-28-21)17-12-8-5-9-13-17/h4-13,19H,3,14H2,1-2H3,(H,23,27). The number of urea groups is 1. The van der Waals surface area contributed by atoms with Crippen molar-refractivity contribution in [3.8, 4) is 11.4 Å². The van der Waals surface area contributed by atoms with E-state index in [2.05, 4.69) is 15.5 Å². The molecule has 1 N–H and O–H groups in total. The van der Waals surface area contributed by atoms with Crippen LogP contribution >= 0.6 is 0 Å². The number of allylic oxidation sites excluding steroid dienone is 1. The Kier molecular flexibility index (Phi) is 4.93. The maximum Gasteiger partial charge on any atom is 0.322 e. The van der Waals surface area contributed by atoms with Crippen molar-refractivity contribution in [2.75, 3.05) is 6.54 Å². The molecule has 6 nitrogen and oxygen atoms in total. The lowest BCUT2D eigenvalue weighted by Crippen LogP contribution is -2.46. The summed E-state index contributed by atoms with van der Waals surface area (Å²) in [7, 11) is 0. The highest BCUT2D eigenvalue weighted by molar-refractivity contribution is 5.86. The van der Waals surface area contributed by atoms with E-state index in [1.54, 1.807) is 4.90 Å². The predicted octanol–water partition coefficient (Wildman–Crippen LogP) is 4.64. The number of carbonyl (C=O) groups excluding carboxylic acids is 1. The van der Waals surface area contributed by atoms with Gasteiger partial charge in [-0.3, -0.25) is 4.90 Å². The molecule has 1 atom stereocenters. The van der Waals surface area contributed by atoms with Gasteiger partial charge in [0.1, 0.15) is 0 Å². The van der Waals surface area contributed by atoms with Crippen molar-refractivity contribution >= 4 is 11.6 Å². The van der Waals surface area contributed by atoms with Gasteiger partial charge in [0.05, 0.1) is 11.6 Å². The minimum atomic E-state index is -0.342. The number of amides is 2. The van der Waals surface area contributed by atoms with E-state index in [0.29, 0.717) is 18.3 Å². The van der Waals surface area contributed by atoms with Crippen LogP contribution in [0.15, 0.2) is 70.9 Å². The van der Waals surface area contributed by atoms with Crippen LogP contribution in [0.1, 0.15) is 37.8 Å². The number of benzene rings is 2. The summed E-state index contributed by atoms with van der Waals surface area (Å²) in [6.45, 7) is 4.61. The quantitative estimate of drug-likeness (QED) is 0.706. The van der Waals surface area contributed by atoms with Crippen LogP contribution in [0.3, 0.4) is 0 Å². The third kappa shape index (κ3) is 3.29. The molecule has 2 heterocycles. The maximum atomic E-state index is 12.7. The van der Waals surface area contributed by atoms with Gasteiger partial charge in [-0.15, -0.1) is 0 Å². The average Bonchev–Trinajstić information content (AvgIpc) is 3.22. The van der Waals surface area contributed by atoms with E-state index in [9.17, 15) is 4.79 Å². The van der Waals surface area contributed by atoms with Crippen LogP contribution in [0, 0.1) is 0 Å². The predicted molar refractivity (Wildman–Crippen MR) is 107 cm³/mol.